The number of Topliss-reactive ketones (excluding diaryl/α,β-unsaturated/α-hetero) is 2. The second-order valence-electron chi connectivity index (χ2n) is 20.4. The number of carboxylic acid groups (broad SMARTS) is 1. The Labute approximate surface area is 324 Å². The highest BCUT2D eigenvalue weighted by Crippen LogP contribution is 2.72. The molecule has 6 aliphatic rings. The van der Waals surface area contributed by atoms with E-state index in [9.17, 15) is 19.5 Å². The average Bonchev–Trinajstić information content (AvgIpc) is 3.65. The van der Waals surface area contributed by atoms with Crippen molar-refractivity contribution in [3.63, 3.8) is 0 Å². The van der Waals surface area contributed by atoms with E-state index in [1.165, 1.54) is 44.1 Å². The molecule has 5 fully saturated rings. The first-order chi connectivity index (χ1) is 25.5. The molecule has 0 saturated heterocycles. The Balaban J connectivity index is 1.09. The Morgan fingerprint density at radius 3 is 2.26 bits per heavy atom. The van der Waals surface area contributed by atoms with Crippen LogP contribution in [0.5, 0.6) is 0 Å². The topological polar surface area (TPSA) is 117 Å². The fourth-order valence-corrected chi connectivity index (χ4v) is 14.3. The van der Waals surface area contributed by atoms with E-state index in [0.717, 1.165) is 38.9 Å². The summed E-state index contributed by atoms with van der Waals surface area (Å²) in [6.45, 7) is 19.4. The van der Waals surface area contributed by atoms with Gasteiger partial charge in [0.25, 0.3) is 0 Å². The highest BCUT2D eigenvalue weighted by molar-refractivity contribution is 6.00. The normalized spacial score (nSPS) is 40.4. The van der Waals surface area contributed by atoms with Crippen LogP contribution < -0.4 is 0 Å². The SMILES string of the molecule is Cc1nnc(CN(CCN(C)C)CCC23CCC4C(CCC5C4(C)CCC4C(C)C(CC(=O)C6CC(C(=O)O)C6C)CCC45C)C2=C(C(C)C)C(=O)C3)o1. The van der Waals surface area contributed by atoms with Gasteiger partial charge in [-0.15, -0.1) is 10.2 Å². The predicted molar refractivity (Wildman–Crippen MR) is 209 cm³/mol. The lowest BCUT2D eigenvalue weighted by atomic mass is 9.37. The van der Waals surface area contributed by atoms with Crippen LogP contribution in [-0.2, 0) is 20.9 Å². The van der Waals surface area contributed by atoms with Gasteiger partial charge in [-0.2, -0.15) is 0 Å². The van der Waals surface area contributed by atoms with E-state index in [4.69, 9.17) is 4.42 Å². The first-order valence-electron chi connectivity index (χ1n) is 21.7. The molecule has 0 aromatic carbocycles. The molecule has 300 valence electrons. The number of allylic oxidation sites excluding steroid dienone is 2. The number of aliphatic carboxylic acids is 1. The lowest BCUT2D eigenvalue weighted by Crippen LogP contribution is -2.60. The molecule has 1 aromatic rings. The van der Waals surface area contributed by atoms with E-state index < -0.39 is 5.97 Å². The number of hydrogen-bond donors (Lipinski definition) is 1. The monoisotopic (exact) mass is 747 g/mol. The minimum absolute atomic E-state index is 0.0385. The summed E-state index contributed by atoms with van der Waals surface area (Å²) < 4.78 is 5.83. The smallest absolute Gasteiger partial charge is 0.306 e. The molecule has 5 saturated carbocycles. The van der Waals surface area contributed by atoms with Crippen molar-refractivity contribution in [2.75, 3.05) is 33.7 Å². The summed E-state index contributed by atoms with van der Waals surface area (Å²) >= 11 is 0. The molecular formula is C45H70N4O5. The molecule has 0 radical (unpaired) electrons. The molecule has 9 heteroatoms. The maximum absolute atomic E-state index is 14.1. The molecule has 0 spiro atoms. The fraction of sp³-hybridized carbons (Fsp3) is 0.844. The number of fused-ring (bicyclic) bond motifs is 7. The molecule has 12 unspecified atom stereocenters. The fourth-order valence-electron chi connectivity index (χ4n) is 14.3. The van der Waals surface area contributed by atoms with Crippen molar-refractivity contribution in [2.45, 2.75) is 132 Å². The highest BCUT2D eigenvalue weighted by atomic mass is 16.4. The van der Waals surface area contributed by atoms with E-state index in [-0.39, 0.29) is 39.9 Å². The molecular weight excluding hydrogens is 677 g/mol. The highest BCUT2D eigenvalue weighted by Gasteiger charge is 2.65. The second kappa shape index (κ2) is 14.8. The molecule has 1 heterocycles. The number of nitrogens with zero attached hydrogens (tertiary/aromatic N) is 4. The maximum atomic E-state index is 14.1. The van der Waals surface area contributed by atoms with Gasteiger partial charge in [0.15, 0.2) is 5.78 Å². The predicted octanol–water partition coefficient (Wildman–Crippen LogP) is 8.26. The van der Waals surface area contributed by atoms with Crippen molar-refractivity contribution in [3.8, 4) is 0 Å². The van der Waals surface area contributed by atoms with Crippen molar-refractivity contribution in [3.05, 3.63) is 22.9 Å². The van der Waals surface area contributed by atoms with Crippen LogP contribution in [0.25, 0.3) is 0 Å². The molecule has 1 aromatic heterocycles. The lowest BCUT2D eigenvalue weighted by molar-refractivity contribution is -0.172. The standard InChI is InChI=1S/C45H70N4O5/c1-26(2)40-37(51)24-45(18-19-49(21-20-48(8)9)25-39-47-46-29(5)54-39)17-14-35-31(41(40)45)10-11-38-43(6)15-12-30(27(3)34(43)13-16-44(35,38)7)22-36(50)32-23-33(28(32)4)42(52)53/h26-28,30-35,38H,10-25H2,1-9H3,(H,52,53). The molecule has 1 N–H and O–H groups in total. The Hall–Kier alpha value is -2.39. The number of hydrogen-bond acceptors (Lipinski definition) is 8. The molecule has 12 atom stereocenters. The molecule has 6 aliphatic carbocycles. The third-order valence-corrected chi connectivity index (χ3v) is 17.2. The summed E-state index contributed by atoms with van der Waals surface area (Å²) in [5.41, 5.74) is 3.21. The molecule has 0 aliphatic heterocycles. The summed E-state index contributed by atoms with van der Waals surface area (Å²) in [4.78, 5) is 43.9. The van der Waals surface area contributed by atoms with Crippen LogP contribution in [0.15, 0.2) is 15.6 Å². The summed E-state index contributed by atoms with van der Waals surface area (Å²) in [5.74, 6) is 4.34. The second-order valence-corrected chi connectivity index (χ2v) is 20.4. The van der Waals surface area contributed by atoms with Crippen LogP contribution in [-0.4, -0.2) is 76.4 Å². The van der Waals surface area contributed by atoms with Gasteiger partial charge in [-0.3, -0.25) is 19.3 Å². The zero-order valence-electron chi connectivity index (χ0n) is 35.0. The van der Waals surface area contributed by atoms with Crippen LogP contribution in [0.3, 0.4) is 0 Å². The van der Waals surface area contributed by atoms with Crippen LogP contribution in [0, 0.1) is 82.3 Å². The van der Waals surface area contributed by atoms with E-state index in [0.29, 0.717) is 84.7 Å². The van der Waals surface area contributed by atoms with Crippen molar-refractivity contribution in [2.24, 2.45) is 75.4 Å². The van der Waals surface area contributed by atoms with Gasteiger partial charge >= 0.3 is 5.97 Å². The largest absolute Gasteiger partial charge is 0.481 e. The van der Waals surface area contributed by atoms with Gasteiger partial charge in [0.05, 0.1) is 12.5 Å². The number of carboxylic acids is 1. The van der Waals surface area contributed by atoms with Gasteiger partial charge in [-0.25, -0.2) is 0 Å². The zero-order chi connectivity index (χ0) is 38.9. The number of carbonyl (C=O) groups excluding carboxylic acids is 2. The van der Waals surface area contributed by atoms with Crippen molar-refractivity contribution >= 4 is 17.5 Å². The minimum atomic E-state index is -0.748. The Kier molecular flexibility index (Phi) is 10.9. The van der Waals surface area contributed by atoms with Crippen LogP contribution in [0.1, 0.15) is 130 Å². The minimum Gasteiger partial charge on any atom is -0.481 e. The molecule has 0 bridgehead atoms. The maximum Gasteiger partial charge on any atom is 0.306 e. The van der Waals surface area contributed by atoms with Gasteiger partial charge in [0, 0.05) is 44.2 Å². The van der Waals surface area contributed by atoms with Crippen molar-refractivity contribution < 1.29 is 23.9 Å². The summed E-state index contributed by atoms with van der Waals surface area (Å²) in [6.07, 6.45) is 12.4. The molecule has 9 nitrogen and oxygen atoms in total. The van der Waals surface area contributed by atoms with Gasteiger partial charge in [-0.05, 0) is 149 Å². The zero-order valence-corrected chi connectivity index (χ0v) is 35.0. The van der Waals surface area contributed by atoms with Crippen LogP contribution in [0.4, 0.5) is 0 Å². The Bertz CT molecular complexity index is 1630. The van der Waals surface area contributed by atoms with Gasteiger partial charge in [-0.1, -0.05) is 47.1 Å². The number of carbonyl (C=O) groups is 3. The molecule has 0 amide bonds. The quantitative estimate of drug-likeness (QED) is 0.213. The third-order valence-electron chi connectivity index (χ3n) is 17.2. The van der Waals surface area contributed by atoms with E-state index in [2.05, 4.69) is 68.7 Å². The van der Waals surface area contributed by atoms with Gasteiger partial charge in [0.1, 0.15) is 5.78 Å². The molecule has 54 heavy (non-hydrogen) atoms. The van der Waals surface area contributed by atoms with Crippen molar-refractivity contribution in [1.29, 1.82) is 0 Å². The van der Waals surface area contributed by atoms with Crippen molar-refractivity contribution in [1.82, 2.24) is 20.0 Å². The average molecular weight is 747 g/mol. The lowest BCUT2D eigenvalue weighted by Gasteiger charge is -2.67. The first-order valence-corrected chi connectivity index (χ1v) is 21.7. The Morgan fingerprint density at radius 1 is 0.907 bits per heavy atom. The third kappa shape index (κ3) is 6.77. The Morgan fingerprint density at radius 2 is 1.61 bits per heavy atom. The first kappa shape index (κ1) is 39.8. The summed E-state index contributed by atoms with van der Waals surface area (Å²) in [7, 11) is 4.24. The summed E-state index contributed by atoms with van der Waals surface area (Å²) in [5, 5.41) is 17.9. The number of aryl methyl sites for hydroxylation is 1. The number of aromatic nitrogens is 2. The number of likely N-dealkylation sites (N-methyl/N-ethyl adjacent to an activating group) is 1. The van der Waals surface area contributed by atoms with E-state index in [1.807, 2.05) is 13.8 Å². The van der Waals surface area contributed by atoms with E-state index >= 15 is 0 Å². The van der Waals surface area contributed by atoms with E-state index in [1.54, 1.807) is 5.57 Å². The van der Waals surface area contributed by atoms with Gasteiger partial charge in [0.2, 0.25) is 11.8 Å². The van der Waals surface area contributed by atoms with Gasteiger partial charge < -0.3 is 14.4 Å². The molecule has 7 rings (SSSR count). The summed E-state index contributed by atoms with van der Waals surface area (Å²) in [6, 6.07) is 0. The van der Waals surface area contributed by atoms with Crippen LogP contribution >= 0.6 is 0 Å². The number of rotatable bonds is 13. The van der Waals surface area contributed by atoms with Crippen LogP contribution in [0.2, 0.25) is 0 Å². The number of ketones is 2.